The summed E-state index contributed by atoms with van der Waals surface area (Å²) in [4.78, 5) is 19.4. The predicted octanol–water partition coefficient (Wildman–Crippen LogP) is 2.23. The molecule has 0 bridgehead atoms. The van der Waals surface area contributed by atoms with Gasteiger partial charge < -0.3 is 10.6 Å². The first-order chi connectivity index (χ1) is 7.45. The van der Waals surface area contributed by atoms with Crippen molar-refractivity contribution in [2.45, 2.75) is 55.0 Å². The summed E-state index contributed by atoms with van der Waals surface area (Å²) in [5.41, 5.74) is 0. The van der Waals surface area contributed by atoms with Gasteiger partial charge in [0.05, 0.1) is 6.54 Å². The topological polar surface area (TPSA) is 58.2 Å². The van der Waals surface area contributed by atoms with Gasteiger partial charge in [-0.15, -0.1) is 0 Å². The van der Waals surface area contributed by atoms with Crippen molar-refractivity contribution < 1.29 is 9.59 Å². The number of ketones is 1. The second-order valence-electron chi connectivity index (χ2n) is 3.52. The lowest BCUT2D eigenvalue weighted by Gasteiger charge is -2.12. The molecule has 0 spiro atoms. The Morgan fingerprint density at radius 1 is 1.24 bits per heavy atom. The van der Waals surface area contributed by atoms with Crippen molar-refractivity contribution in [1.29, 1.82) is 0 Å². The van der Waals surface area contributed by atoms with Crippen molar-refractivity contribution in [2.75, 3.05) is 13.6 Å². The fourth-order valence-electron chi connectivity index (χ4n) is 0.519. The van der Waals surface area contributed by atoms with E-state index in [2.05, 4.69) is 31.4 Å². The molecular weight excluding hydrogens is 216 g/mol. The highest BCUT2D eigenvalue weighted by Crippen LogP contribution is 1.96. The number of amides is 1. The maximum atomic E-state index is 9.98. The zero-order valence-electron chi connectivity index (χ0n) is 11.8. The van der Waals surface area contributed by atoms with E-state index >= 15 is 0 Å². The minimum Gasteiger partial charge on any atom is -0.352 e. The molecule has 0 aliphatic heterocycles. The molecular formula is C13H32N2O2. The molecule has 0 aromatic heterocycles. The molecule has 1 unspecified atom stereocenters. The number of Topliss-reactive ketones (excluding diaryl/α,β-unsaturated/α-hetero) is 1. The van der Waals surface area contributed by atoms with Gasteiger partial charge in [-0.1, -0.05) is 35.1 Å². The summed E-state index contributed by atoms with van der Waals surface area (Å²) in [5, 5.41) is 5.38. The lowest BCUT2D eigenvalue weighted by molar-refractivity contribution is -0.118. The Hall–Kier alpha value is -0.900. The Morgan fingerprint density at radius 3 is 1.71 bits per heavy atom. The van der Waals surface area contributed by atoms with Crippen LogP contribution < -0.4 is 10.6 Å². The van der Waals surface area contributed by atoms with E-state index in [0.29, 0.717) is 12.5 Å². The summed E-state index contributed by atoms with van der Waals surface area (Å²) in [6.07, 6.45) is 0.501. The fourth-order valence-corrected chi connectivity index (χ4v) is 0.519. The number of carbonyl (C=O) groups is 2. The summed E-state index contributed by atoms with van der Waals surface area (Å²) in [6.45, 7) is 12.2. The van der Waals surface area contributed by atoms with E-state index in [1.165, 1.54) is 6.92 Å². The molecule has 0 saturated heterocycles. The average molecular weight is 248 g/mol. The van der Waals surface area contributed by atoms with Crippen molar-refractivity contribution in [1.82, 2.24) is 10.6 Å². The van der Waals surface area contributed by atoms with Crippen molar-refractivity contribution in [2.24, 2.45) is 5.92 Å². The van der Waals surface area contributed by atoms with Gasteiger partial charge in [-0.05, 0) is 26.8 Å². The molecule has 0 aromatic rings. The Balaban J connectivity index is -0.0000000823. The molecule has 17 heavy (non-hydrogen) atoms. The highest BCUT2D eigenvalue weighted by molar-refractivity contribution is 5.79. The molecule has 4 heteroatoms. The summed E-state index contributed by atoms with van der Waals surface area (Å²) in [5.74, 6) is 0.720. The number of hydrogen-bond donors (Lipinski definition) is 2. The summed E-state index contributed by atoms with van der Waals surface area (Å²) in [6, 6.07) is 0.653. The van der Waals surface area contributed by atoms with Gasteiger partial charge in [-0.3, -0.25) is 9.59 Å². The van der Waals surface area contributed by atoms with Crippen LogP contribution in [0, 0.1) is 5.92 Å². The van der Waals surface area contributed by atoms with Crippen LogP contribution in [0.15, 0.2) is 0 Å². The van der Waals surface area contributed by atoms with Gasteiger partial charge in [-0.2, -0.15) is 0 Å². The van der Waals surface area contributed by atoms with Gasteiger partial charge in [-0.25, -0.2) is 0 Å². The summed E-state index contributed by atoms with van der Waals surface area (Å²) < 4.78 is 0. The number of carbonyl (C=O) groups excluding carboxylic acids is 2. The van der Waals surface area contributed by atoms with E-state index in [-0.39, 0.29) is 19.8 Å². The molecule has 0 heterocycles. The van der Waals surface area contributed by atoms with Gasteiger partial charge in [0.2, 0.25) is 6.41 Å². The summed E-state index contributed by atoms with van der Waals surface area (Å²) in [7, 11) is 1.99. The highest BCUT2D eigenvalue weighted by atomic mass is 16.1. The molecule has 0 radical (unpaired) electrons. The average Bonchev–Trinajstić information content (AvgIpc) is 2.28. The summed E-state index contributed by atoms with van der Waals surface area (Å²) >= 11 is 0. The molecule has 0 fully saturated rings. The zero-order valence-corrected chi connectivity index (χ0v) is 11.8. The first kappa shape index (κ1) is 25.1. The van der Waals surface area contributed by atoms with Crippen molar-refractivity contribution in [3.63, 3.8) is 0 Å². The van der Waals surface area contributed by atoms with Crippen LogP contribution in [0.3, 0.4) is 0 Å². The maximum absolute atomic E-state index is 9.98. The Labute approximate surface area is 108 Å². The lowest BCUT2D eigenvalue weighted by Crippen LogP contribution is -2.26. The second-order valence-corrected chi connectivity index (χ2v) is 3.52. The van der Waals surface area contributed by atoms with Crippen LogP contribution in [-0.2, 0) is 9.59 Å². The predicted molar refractivity (Wildman–Crippen MR) is 76.2 cm³/mol. The van der Waals surface area contributed by atoms with Crippen molar-refractivity contribution in [3.05, 3.63) is 0 Å². The largest absolute Gasteiger partial charge is 0.352 e. The quantitative estimate of drug-likeness (QED) is 0.734. The lowest BCUT2D eigenvalue weighted by atomic mass is 10.1. The third-order valence-electron chi connectivity index (χ3n) is 1.89. The molecule has 0 aliphatic rings. The molecule has 0 aromatic carbocycles. The van der Waals surface area contributed by atoms with Crippen LogP contribution >= 0.6 is 0 Å². The SMILES string of the molecule is C.CC.CC(=O)CNC=O.CNC(C)C(C)C. The van der Waals surface area contributed by atoms with Crippen LogP contribution in [0.2, 0.25) is 0 Å². The van der Waals surface area contributed by atoms with E-state index < -0.39 is 0 Å². The normalized spacial score (nSPS) is 9.65. The third-order valence-corrected chi connectivity index (χ3v) is 1.89. The smallest absolute Gasteiger partial charge is 0.207 e. The van der Waals surface area contributed by atoms with E-state index in [0.717, 1.165) is 5.92 Å². The monoisotopic (exact) mass is 248 g/mol. The Kier molecular flexibility index (Phi) is 30.2. The highest BCUT2D eigenvalue weighted by Gasteiger charge is 2.00. The molecule has 2 N–H and O–H groups in total. The first-order valence-electron chi connectivity index (χ1n) is 5.79. The van der Waals surface area contributed by atoms with Gasteiger partial charge in [0, 0.05) is 6.04 Å². The first-order valence-corrected chi connectivity index (χ1v) is 5.79. The Bertz CT molecular complexity index is 159. The minimum atomic E-state index is -0.0351. The van der Waals surface area contributed by atoms with Crippen LogP contribution in [-0.4, -0.2) is 31.8 Å². The minimum absolute atomic E-state index is 0. The van der Waals surface area contributed by atoms with Crippen molar-refractivity contribution >= 4 is 12.2 Å². The number of rotatable bonds is 5. The molecule has 0 saturated carbocycles. The molecule has 4 nitrogen and oxygen atoms in total. The van der Waals surface area contributed by atoms with Crippen LogP contribution in [0.25, 0.3) is 0 Å². The Morgan fingerprint density at radius 2 is 1.65 bits per heavy atom. The molecule has 1 atom stereocenters. The van der Waals surface area contributed by atoms with Gasteiger partial charge in [0.15, 0.2) is 0 Å². The molecule has 1 amide bonds. The molecule has 0 aliphatic carbocycles. The van der Waals surface area contributed by atoms with E-state index in [9.17, 15) is 9.59 Å². The maximum Gasteiger partial charge on any atom is 0.207 e. The number of nitrogens with one attached hydrogen (secondary N) is 2. The van der Waals surface area contributed by atoms with E-state index in [4.69, 9.17) is 0 Å². The van der Waals surface area contributed by atoms with Gasteiger partial charge >= 0.3 is 0 Å². The van der Waals surface area contributed by atoms with E-state index in [1.54, 1.807) is 0 Å². The fraction of sp³-hybridized carbons (Fsp3) is 0.846. The van der Waals surface area contributed by atoms with E-state index in [1.807, 2.05) is 20.9 Å². The number of hydrogen-bond acceptors (Lipinski definition) is 3. The standard InChI is InChI=1S/C6H15N.C4H7NO2.C2H6.CH4/c1-5(2)6(3)7-4;1-4(7)2-5-3-6;1-2;/h5-7H,1-4H3;3H,2H2,1H3,(H,5,6);1-2H3;1H4. The van der Waals surface area contributed by atoms with Gasteiger partial charge in [0.25, 0.3) is 0 Å². The van der Waals surface area contributed by atoms with Crippen LogP contribution in [0.4, 0.5) is 0 Å². The van der Waals surface area contributed by atoms with Crippen LogP contribution in [0.5, 0.6) is 0 Å². The van der Waals surface area contributed by atoms with Gasteiger partial charge in [0.1, 0.15) is 5.78 Å². The van der Waals surface area contributed by atoms with Crippen molar-refractivity contribution in [3.8, 4) is 0 Å². The molecule has 106 valence electrons. The third kappa shape index (κ3) is 31.3. The molecule has 0 rings (SSSR count). The zero-order chi connectivity index (χ0) is 13.6. The van der Waals surface area contributed by atoms with Crippen LogP contribution in [0.1, 0.15) is 49.0 Å². The second kappa shape index (κ2) is 20.5.